The molecule has 3 rings (SSSR count). The van der Waals surface area contributed by atoms with E-state index in [0.717, 1.165) is 16.3 Å². The highest BCUT2D eigenvalue weighted by Gasteiger charge is 2.34. The molecule has 39 heavy (non-hydrogen) atoms. The second kappa shape index (κ2) is 13.8. The first-order chi connectivity index (χ1) is 18.6. The molecule has 0 radical (unpaired) electrons. The Bertz CT molecular complexity index is 1370. The first kappa shape index (κ1) is 30.5. The van der Waals surface area contributed by atoms with Crippen molar-refractivity contribution < 1.29 is 18.0 Å². The standard InChI is InChI=1S/C29H33Cl2N3O4S/c1-4-21(3)32-29(36)26(5-2)33(19-22-15-17-23(30)18-16-22)28(35)20-34(27-14-10-9-13-25(27)31)39(37,38)24-11-7-6-8-12-24/h6-18,21,26H,4-5,19-20H2,1-3H3,(H,32,36)/t21-,26-/m1/s1. The number of nitrogens with one attached hydrogen (secondary N) is 1. The Morgan fingerprint density at radius 2 is 1.49 bits per heavy atom. The van der Waals surface area contributed by atoms with Gasteiger partial charge in [0.05, 0.1) is 15.6 Å². The third-order valence-electron chi connectivity index (χ3n) is 6.38. The third-order valence-corrected chi connectivity index (χ3v) is 8.73. The van der Waals surface area contributed by atoms with Crippen LogP contribution in [0.1, 0.15) is 39.2 Å². The van der Waals surface area contributed by atoms with Crippen LogP contribution < -0.4 is 9.62 Å². The number of nitrogens with zero attached hydrogens (tertiary/aromatic N) is 2. The van der Waals surface area contributed by atoms with Crippen molar-refractivity contribution in [2.75, 3.05) is 10.8 Å². The molecule has 0 aliphatic heterocycles. The van der Waals surface area contributed by atoms with Gasteiger partial charge in [0, 0.05) is 17.6 Å². The molecule has 0 spiro atoms. The molecule has 3 aromatic carbocycles. The smallest absolute Gasteiger partial charge is 0.264 e. The van der Waals surface area contributed by atoms with E-state index in [-0.39, 0.29) is 34.1 Å². The van der Waals surface area contributed by atoms with Gasteiger partial charge in [-0.05, 0) is 61.7 Å². The van der Waals surface area contributed by atoms with E-state index in [1.54, 1.807) is 66.7 Å². The Labute approximate surface area is 240 Å². The highest BCUT2D eigenvalue weighted by Crippen LogP contribution is 2.30. The van der Waals surface area contributed by atoms with E-state index < -0.39 is 28.5 Å². The highest BCUT2D eigenvalue weighted by molar-refractivity contribution is 7.92. The summed E-state index contributed by atoms with van der Waals surface area (Å²) in [6, 6.07) is 20.3. The fraction of sp³-hybridized carbons (Fsp3) is 0.310. The van der Waals surface area contributed by atoms with Crippen molar-refractivity contribution in [2.24, 2.45) is 0 Å². The first-order valence-electron chi connectivity index (χ1n) is 12.7. The van der Waals surface area contributed by atoms with Crippen LogP contribution in [-0.4, -0.2) is 43.8 Å². The number of carbonyl (C=O) groups excluding carboxylic acids is 2. The zero-order valence-corrected chi connectivity index (χ0v) is 24.5. The van der Waals surface area contributed by atoms with Crippen LogP contribution in [0.15, 0.2) is 83.8 Å². The lowest BCUT2D eigenvalue weighted by molar-refractivity contribution is -0.140. The van der Waals surface area contributed by atoms with Crippen molar-refractivity contribution >= 4 is 50.7 Å². The van der Waals surface area contributed by atoms with Gasteiger partial charge in [0.25, 0.3) is 10.0 Å². The lowest BCUT2D eigenvalue weighted by Gasteiger charge is -2.34. The summed E-state index contributed by atoms with van der Waals surface area (Å²) in [4.78, 5) is 28.7. The summed E-state index contributed by atoms with van der Waals surface area (Å²) in [5.74, 6) is -0.847. The van der Waals surface area contributed by atoms with E-state index in [1.807, 2.05) is 20.8 Å². The molecule has 0 fully saturated rings. The Morgan fingerprint density at radius 3 is 2.08 bits per heavy atom. The molecule has 2 atom stereocenters. The number of para-hydroxylation sites is 1. The van der Waals surface area contributed by atoms with E-state index in [9.17, 15) is 18.0 Å². The van der Waals surface area contributed by atoms with Gasteiger partial charge in [0.15, 0.2) is 0 Å². The summed E-state index contributed by atoms with van der Waals surface area (Å²) >= 11 is 12.5. The van der Waals surface area contributed by atoms with Gasteiger partial charge in [-0.25, -0.2) is 8.42 Å². The van der Waals surface area contributed by atoms with Gasteiger partial charge >= 0.3 is 0 Å². The topological polar surface area (TPSA) is 86.8 Å². The van der Waals surface area contributed by atoms with Crippen molar-refractivity contribution in [3.05, 3.63) is 94.5 Å². The fourth-order valence-corrected chi connectivity index (χ4v) is 5.90. The SMILES string of the molecule is CC[C@@H](C)NC(=O)[C@@H](CC)N(Cc1ccc(Cl)cc1)C(=O)CN(c1ccccc1Cl)S(=O)(=O)c1ccccc1. The zero-order chi connectivity index (χ0) is 28.6. The minimum atomic E-state index is -4.18. The van der Waals surface area contributed by atoms with Crippen LogP contribution in [-0.2, 0) is 26.2 Å². The first-order valence-corrected chi connectivity index (χ1v) is 14.9. The molecule has 3 aromatic rings. The van der Waals surface area contributed by atoms with E-state index in [0.29, 0.717) is 11.4 Å². The van der Waals surface area contributed by atoms with Crippen LogP contribution in [0.4, 0.5) is 5.69 Å². The molecule has 0 heterocycles. The lowest BCUT2D eigenvalue weighted by Crippen LogP contribution is -2.53. The zero-order valence-electron chi connectivity index (χ0n) is 22.2. The van der Waals surface area contributed by atoms with Gasteiger partial charge in [-0.2, -0.15) is 0 Å². The summed E-state index contributed by atoms with van der Waals surface area (Å²) in [7, 11) is -4.18. The second-order valence-corrected chi connectivity index (χ2v) is 11.9. The van der Waals surface area contributed by atoms with Crippen molar-refractivity contribution in [1.82, 2.24) is 10.2 Å². The highest BCUT2D eigenvalue weighted by atomic mass is 35.5. The molecular weight excluding hydrogens is 557 g/mol. The van der Waals surface area contributed by atoms with Crippen LogP contribution in [0, 0.1) is 0 Å². The number of sulfonamides is 1. The molecule has 2 amide bonds. The summed E-state index contributed by atoms with van der Waals surface area (Å²) in [6.07, 6.45) is 1.06. The maximum atomic E-state index is 14.0. The molecule has 1 N–H and O–H groups in total. The predicted molar refractivity (Wildman–Crippen MR) is 156 cm³/mol. The molecule has 0 aromatic heterocycles. The molecule has 7 nitrogen and oxygen atoms in total. The maximum Gasteiger partial charge on any atom is 0.264 e. The molecule has 0 bridgehead atoms. The van der Waals surface area contributed by atoms with E-state index in [1.165, 1.54) is 17.0 Å². The number of hydrogen-bond donors (Lipinski definition) is 1. The van der Waals surface area contributed by atoms with Crippen molar-refractivity contribution in [1.29, 1.82) is 0 Å². The summed E-state index contributed by atoms with van der Waals surface area (Å²) in [5.41, 5.74) is 0.915. The average Bonchev–Trinajstić information content (AvgIpc) is 2.93. The van der Waals surface area contributed by atoms with Crippen molar-refractivity contribution in [3.8, 4) is 0 Å². The summed E-state index contributed by atoms with van der Waals surface area (Å²) < 4.78 is 28.6. The molecule has 0 aliphatic rings. The predicted octanol–water partition coefficient (Wildman–Crippen LogP) is 5.91. The number of anilines is 1. The third kappa shape index (κ3) is 7.75. The molecule has 10 heteroatoms. The van der Waals surface area contributed by atoms with E-state index in [4.69, 9.17) is 23.2 Å². The van der Waals surface area contributed by atoms with E-state index >= 15 is 0 Å². The van der Waals surface area contributed by atoms with Crippen LogP contribution in [0.2, 0.25) is 10.0 Å². The number of amides is 2. The second-order valence-electron chi connectivity index (χ2n) is 9.17. The fourth-order valence-electron chi connectivity index (χ4n) is 4.03. The molecule has 0 unspecified atom stereocenters. The minimum absolute atomic E-state index is 0.0172. The van der Waals surface area contributed by atoms with Crippen LogP contribution >= 0.6 is 23.2 Å². The van der Waals surface area contributed by atoms with Gasteiger partial charge in [-0.15, -0.1) is 0 Å². The van der Waals surface area contributed by atoms with Crippen LogP contribution in [0.25, 0.3) is 0 Å². The van der Waals surface area contributed by atoms with Crippen LogP contribution in [0.3, 0.4) is 0 Å². The Hall–Kier alpha value is -3.07. The monoisotopic (exact) mass is 589 g/mol. The molecule has 0 aliphatic carbocycles. The summed E-state index contributed by atoms with van der Waals surface area (Å²) in [5, 5.41) is 3.67. The number of rotatable bonds is 12. The van der Waals surface area contributed by atoms with Gasteiger partial charge in [-0.3, -0.25) is 13.9 Å². The average molecular weight is 591 g/mol. The quantitative estimate of drug-likeness (QED) is 0.284. The lowest BCUT2D eigenvalue weighted by atomic mass is 10.1. The van der Waals surface area contributed by atoms with Gasteiger partial charge < -0.3 is 10.2 Å². The minimum Gasteiger partial charge on any atom is -0.352 e. The summed E-state index contributed by atoms with van der Waals surface area (Å²) in [6.45, 7) is 5.20. The van der Waals surface area contributed by atoms with Gasteiger partial charge in [-0.1, -0.05) is 79.5 Å². The molecule has 0 saturated heterocycles. The van der Waals surface area contributed by atoms with Crippen molar-refractivity contribution in [2.45, 2.75) is 57.1 Å². The Kier molecular flexibility index (Phi) is 10.8. The normalized spacial score (nSPS) is 12.8. The molecule has 0 saturated carbocycles. The van der Waals surface area contributed by atoms with Crippen molar-refractivity contribution in [3.63, 3.8) is 0 Å². The Morgan fingerprint density at radius 1 is 0.872 bits per heavy atom. The van der Waals surface area contributed by atoms with E-state index in [2.05, 4.69) is 5.32 Å². The number of benzene rings is 3. The van der Waals surface area contributed by atoms with Gasteiger partial charge in [0.2, 0.25) is 11.8 Å². The number of halogens is 2. The van der Waals surface area contributed by atoms with Crippen LogP contribution in [0.5, 0.6) is 0 Å². The number of carbonyl (C=O) groups is 2. The molecular formula is C29H33Cl2N3O4S. The molecule has 208 valence electrons. The number of hydrogen-bond acceptors (Lipinski definition) is 4. The van der Waals surface area contributed by atoms with Gasteiger partial charge in [0.1, 0.15) is 12.6 Å². The largest absolute Gasteiger partial charge is 0.352 e. The Balaban J connectivity index is 2.05. The maximum absolute atomic E-state index is 14.0.